The van der Waals surface area contributed by atoms with Gasteiger partial charge in [-0.1, -0.05) is 0 Å². The lowest BCUT2D eigenvalue weighted by atomic mass is 9.99. The summed E-state index contributed by atoms with van der Waals surface area (Å²) in [6.45, 7) is 6.59. The summed E-state index contributed by atoms with van der Waals surface area (Å²) >= 11 is 0. The number of carboxylic acids is 2. The summed E-state index contributed by atoms with van der Waals surface area (Å²) in [6, 6.07) is 0. The lowest BCUT2D eigenvalue weighted by Gasteiger charge is -2.23. The Kier molecular flexibility index (Phi) is 8.17. The molecule has 0 bridgehead atoms. The van der Waals surface area contributed by atoms with E-state index < -0.39 is 23.0 Å². The SMILES string of the molecule is CC(C)(N=NC(C)(C)C(N)=NCCC(=O)O)C(=N)CNCC(=O)O. The Hall–Kier alpha value is -2.36. The number of carboxylic acid groups (broad SMARTS) is 2. The molecule has 0 unspecified atom stereocenters. The van der Waals surface area contributed by atoms with Crippen LogP contribution in [0.1, 0.15) is 34.1 Å². The van der Waals surface area contributed by atoms with Crippen LogP contribution >= 0.6 is 0 Å². The van der Waals surface area contributed by atoms with Gasteiger partial charge in [-0.3, -0.25) is 14.6 Å². The summed E-state index contributed by atoms with van der Waals surface area (Å²) in [6.07, 6.45) is -0.126. The first-order valence-electron chi connectivity index (χ1n) is 7.35. The van der Waals surface area contributed by atoms with Crippen LogP contribution in [-0.4, -0.2) is 64.4 Å². The fourth-order valence-corrected chi connectivity index (χ4v) is 1.34. The van der Waals surface area contributed by atoms with Gasteiger partial charge in [0.25, 0.3) is 0 Å². The van der Waals surface area contributed by atoms with Crippen molar-refractivity contribution in [2.45, 2.75) is 45.2 Å². The Labute approximate surface area is 140 Å². The van der Waals surface area contributed by atoms with Gasteiger partial charge in [0.05, 0.1) is 25.2 Å². The first-order chi connectivity index (χ1) is 10.9. The molecule has 0 aromatic carbocycles. The normalized spacial score (nSPS) is 13.2. The maximum Gasteiger partial charge on any atom is 0.317 e. The summed E-state index contributed by atoms with van der Waals surface area (Å²) in [5, 5.41) is 36.0. The van der Waals surface area contributed by atoms with Crippen LogP contribution in [-0.2, 0) is 9.59 Å². The van der Waals surface area contributed by atoms with Crippen molar-refractivity contribution in [3.8, 4) is 0 Å². The second kappa shape index (κ2) is 9.06. The van der Waals surface area contributed by atoms with Crippen LogP contribution in [0.4, 0.5) is 0 Å². The molecule has 0 aromatic heterocycles. The molecule has 136 valence electrons. The fraction of sp³-hybridized carbons (Fsp3) is 0.714. The van der Waals surface area contributed by atoms with Gasteiger partial charge in [-0.25, -0.2) is 0 Å². The number of amidine groups is 1. The molecule has 0 fully saturated rings. The molecule has 0 atom stereocenters. The standard InChI is InChI=1S/C14H26N6O4/c1-13(2,9(15)7-17-8-11(23)24)19-20-14(3,4)12(16)18-6-5-10(21)22/h15,17H,5-8H2,1-4H3,(H2,16,18)(H,21,22)(H,23,24). The number of nitrogens with one attached hydrogen (secondary N) is 2. The summed E-state index contributed by atoms with van der Waals surface area (Å²) in [5.41, 5.74) is 4.12. The topological polar surface area (TPSA) is 174 Å². The van der Waals surface area contributed by atoms with E-state index >= 15 is 0 Å². The molecular formula is C14H26N6O4. The van der Waals surface area contributed by atoms with E-state index in [4.69, 9.17) is 21.4 Å². The van der Waals surface area contributed by atoms with Gasteiger partial charge in [-0.2, -0.15) is 10.2 Å². The average Bonchev–Trinajstić information content (AvgIpc) is 2.44. The maximum atomic E-state index is 10.5. The Bertz CT molecular complexity index is 539. The highest BCUT2D eigenvalue weighted by Gasteiger charge is 2.27. The number of rotatable bonds is 11. The Morgan fingerprint density at radius 3 is 2.08 bits per heavy atom. The van der Waals surface area contributed by atoms with E-state index in [0.717, 1.165) is 0 Å². The van der Waals surface area contributed by atoms with E-state index in [-0.39, 0.29) is 37.6 Å². The molecule has 0 aliphatic heterocycles. The van der Waals surface area contributed by atoms with Gasteiger partial charge in [-0.05, 0) is 27.7 Å². The highest BCUT2D eigenvalue weighted by atomic mass is 16.4. The Balaban J connectivity index is 4.82. The molecule has 10 heteroatoms. The molecule has 10 nitrogen and oxygen atoms in total. The third-order valence-electron chi connectivity index (χ3n) is 3.10. The minimum Gasteiger partial charge on any atom is -0.481 e. The summed E-state index contributed by atoms with van der Waals surface area (Å²) in [4.78, 5) is 24.9. The monoisotopic (exact) mass is 342 g/mol. The fourth-order valence-electron chi connectivity index (χ4n) is 1.34. The van der Waals surface area contributed by atoms with E-state index in [1.54, 1.807) is 27.7 Å². The molecule has 0 spiro atoms. The largest absolute Gasteiger partial charge is 0.481 e. The van der Waals surface area contributed by atoms with Crippen molar-refractivity contribution in [2.75, 3.05) is 19.6 Å². The molecule has 0 saturated carbocycles. The number of carbonyl (C=O) groups is 2. The maximum absolute atomic E-state index is 10.5. The van der Waals surface area contributed by atoms with Crippen LogP contribution in [0.5, 0.6) is 0 Å². The van der Waals surface area contributed by atoms with E-state index in [0.29, 0.717) is 0 Å². The first kappa shape index (κ1) is 21.6. The van der Waals surface area contributed by atoms with Gasteiger partial charge in [0.1, 0.15) is 16.9 Å². The first-order valence-corrected chi connectivity index (χ1v) is 7.35. The van der Waals surface area contributed by atoms with E-state index in [2.05, 4.69) is 20.5 Å². The van der Waals surface area contributed by atoms with E-state index in [9.17, 15) is 9.59 Å². The number of nitrogens with zero attached hydrogens (tertiary/aromatic N) is 3. The quantitative estimate of drug-likeness (QED) is 0.208. The van der Waals surface area contributed by atoms with Crippen molar-refractivity contribution in [1.29, 1.82) is 5.41 Å². The van der Waals surface area contributed by atoms with Gasteiger partial charge in [-0.15, -0.1) is 0 Å². The van der Waals surface area contributed by atoms with Crippen molar-refractivity contribution in [2.24, 2.45) is 21.0 Å². The molecule has 0 radical (unpaired) electrons. The van der Waals surface area contributed by atoms with Crippen molar-refractivity contribution in [3.63, 3.8) is 0 Å². The third kappa shape index (κ3) is 8.32. The molecule has 0 amide bonds. The van der Waals surface area contributed by atoms with Gasteiger partial charge < -0.3 is 26.7 Å². The zero-order valence-electron chi connectivity index (χ0n) is 14.5. The number of hydrogen-bond donors (Lipinski definition) is 5. The molecule has 24 heavy (non-hydrogen) atoms. The van der Waals surface area contributed by atoms with Crippen LogP contribution in [0.3, 0.4) is 0 Å². The lowest BCUT2D eigenvalue weighted by molar-refractivity contribution is -0.137. The molecule has 0 saturated heterocycles. The molecule has 0 aliphatic rings. The van der Waals surface area contributed by atoms with Gasteiger partial charge in [0.15, 0.2) is 0 Å². The molecule has 0 rings (SSSR count). The predicted molar refractivity (Wildman–Crippen MR) is 90.0 cm³/mol. The van der Waals surface area contributed by atoms with Crippen LogP contribution in [0.25, 0.3) is 0 Å². The smallest absolute Gasteiger partial charge is 0.317 e. The van der Waals surface area contributed by atoms with Crippen molar-refractivity contribution in [1.82, 2.24) is 5.32 Å². The summed E-state index contributed by atoms with van der Waals surface area (Å²) in [5.74, 6) is -1.82. The Morgan fingerprint density at radius 1 is 1.04 bits per heavy atom. The molecule has 0 aromatic rings. The van der Waals surface area contributed by atoms with Crippen molar-refractivity contribution < 1.29 is 19.8 Å². The lowest BCUT2D eigenvalue weighted by Crippen LogP contribution is -2.40. The van der Waals surface area contributed by atoms with Gasteiger partial charge >= 0.3 is 11.9 Å². The van der Waals surface area contributed by atoms with Crippen molar-refractivity contribution >= 4 is 23.5 Å². The summed E-state index contributed by atoms with van der Waals surface area (Å²) < 4.78 is 0. The zero-order valence-corrected chi connectivity index (χ0v) is 14.5. The minimum atomic E-state index is -1.01. The number of azo groups is 1. The average molecular weight is 342 g/mol. The second-order valence-electron chi connectivity index (χ2n) is 6.20. The number of nitrogens with two attached hydrogens (primary N) is 1. The number of hydrogen-bond acceptors (Lipinski definition) is 7. The van der Waals surface area contributed by atoms with Gasteiger partial charge in [0, 0.05) is 6.54 Å². The predicted octanol–water partition coefficient (Wildman–Crippen LogP) is 0.522. The van der Waals surface area contributed by atoms with Gasteiger partial charge in [0.2, 0.25) is 0 Å². The highest BCUT2D eigenvalue weighted by molar-refractivity contribution is 5.92. The van der Waals surface area contributed by atoms with Crippen LogP contribution in [0, 0.1) is 5.41 Å². The zero-order chi connectivity index (χ0) is 19.0. The summed E-state index contributed by atoms with van der Waals surface area (Å²) in [7, 11) is 0. The van der Waals surface area contributed by atoms with Crippen LogP contribution in [0.15, 0.2) is 15.2 Å². The van der Waals surface area contributed by atoms with Crippen LogP contribution < -0.4 is 11.1 Å². The van der Waals surface area contributed by atoms with Crippen LogP contribution in [0.2, 0.25) is 0 Å². The molecular weight excluding hydrogens is 316 g/mol. The second-order valence-corrected chi connectivity index (χ2v) is 6.20. The third-order valence-corrected chi connectivity index (χ3v) is 3.10. The molecule has 6 N–H and O–H groups in total. The van der Waals surface area contributed by atoms with E-state index in [1.807, 2.05) is 0 Å². The molecule has 0 aliphatic carbocycles. The minimum absolute atomic E-state index is 0.0540. The number of aliphatic imine (C=N–C) groups is 1. The van der Waals surface area contributed by atoms with E-state index in [1.165, 1.54) is 0 Å². The highest BCUT2D eigenvalue weighted by Crippen LogP contribution is 2.17. The van der Waals surface area contributed by atoms with Crippen molar-refractivity contribution in [3.05, 3.63) is 0 Å². The molecule has 0 heterocycles. The number of aliphatic carboxylic acids is 2. The Morgan fingerprint density at radius 2 is 1.58 bits per heavy atom.